The molecule has 2 rings (SSSR count). The molecule has 0 saturated carbocycles. The molecule has 2 aromatic rings. The molecular formula is C10H10N2OS. The fourth-order valence-electron chi connectivity index (χ4n) is 1.33. The average Bonchev–Trinajstić information content (AvgIpc) is 2.17. The van der Waals surface area contributed by atoms with E-state index in [1.807, 2.05) is 18.2 Å². The summed E-state index contributed by atoms with van der Waals surface area (Å²) in [6, 6.07) is 7.23. The molecule has 4 heteroatoms. The van der Waals surface area contributed by atoms with Gasteiger partial charge in [-0.05, 0) is 24.3 Å². The molecule has 1 atom stereocenters. The molecule has 1 aromatic carbocycles. The summed E-state index contributed by atoms with van der Waals surface area (Å²) < 4.78 is 11.2. The fourth-order valence-corrected chi connectivity index (χ4v) is 1.87. The van der Waals surface area contributed by atoms with Crippen LogP contribution in [0.5, 0.6) is 0 Å². The van der Waals surface area contributed by atoms with E-state index >= 15 is 0 Å². The van der Waals surface area contributed by atoms with Crippen molar-refractivity contribution in [3.8, 4) is 0 Å². The molecule has 0 aliphatic carbocycles. The number of nitrogens with two attached hydrogens (primary N) is 1. The van der Waals surface area contributed by atoms with Gasteiger partial charge in [-0.2, -0.15) is 0 Å². The van der Waals surface area contributed by atoms with Crippen molar-refractivity contribution in [3.05, 3.63) is 30.5 Å². The SMILES string of the molecule is CS(=O)c1ccc2c(N)ccnc2c1. The smallest absolute Gasteiger partial charge is 0.0734 e. The zero-order valence-electron chi connectivity index (χ0n) is 7.73. The van der Waals surface area contributed by atoms with Crippen LogP contribution in [0.2, 0.25) is 0 Å². The van der Waals surface area contributed by atoms with E-state index in [4.69, 9.17) is 5.73 Å². The Balaban J connectivity index is 2.73. The van der Waals surface area contributed by atoms with Gasteiger partial charge in [0.05, 0.1) is 5.52 Å². The van der Waals surface area contributed by atoms with E-state index in [1.54, 1.807) is 18.5 Å². The van der Waals surface area contributed by atoms with Crippen LogP contribution < -0.4 is 5.73 Å². The first-order chi connectivity index (χ1) is 6.68. The second kappa shape index (κ2) is 3.38. The maximum atomic E-state index is 11.2. The number of aromatic nitrogens is 1. The molecule has 1 heterocycles. The van der Waals surface area contributed by atoms with Gasteiger partial charge in [0.25, 0.3) is 0 Å². The number of rotatable bonds is 1. The third kappa shape index (κ3) is 1.48. The Hall–Kier alpha value is -1.42. The number of pyridine rings is 1. The van der Waals surface area contributed by atoms with Crippen molar-refractivity contribution in [1.82, 2.24) is 4.98 Å². The Bertz CT molecular complexity index is 510. The Morgan fingerprint density at radius 1 is 1.36 bits per heavy atom. The van der Waals surface area contributed by atoms with Crippen molar-refractivity contribution in [2.24, 2.45) is 0 Å². The summed E-state index contributed by atoms with van der Waals surface area (Å²) in [5.41, 5.74) is 7.25. The lowest BCUT2D eigenvalue weighted by Gasteiger charge is -2.02. The standard InChI is InChI=1S/C10H10N2OS/c1-14(13)7-2-3-8-9(11)4-5-12-10(8)6-7/h2-6H,1H3,(H2,11,12). The number of anilines is 1. The highest BCUT2D eigenvalue weighted by Gasteiger charge is 2.02. The summed E-state index contributed by atoms with van der Waals surface area (Å²) in [4.78, 5) is 4.94. The molecule has 0 saturated heterocycles. The molecular weight excluding hydrogens is 196 g/mol. The molecule has 2 N–H and O–H groups in total. The van der Waals surface area contributed by atoms with E-state index in [2.05, 4.69) is 4.98 Å². The minimum absolute atomic E-state index is 0.698. The van der Waals surface area contributed by atoms with Crippen LogP contribution >= 0.6 is 0 Å². The summed E-state index contributed by atoms with van der Waals surface area (Å²) in [6.07, 6.45) is 3.30. The predicted octanol–water partition coefficient (Wildman–Crippen LogP) is 1.55. The van der Waals surface area contributed by atoms with Crippen LogP contribution in [0, 0.1) is 0 Å². The molecule has 0 amide bonds. The maximum absolute atomic E-state index is 11.2. The third-order valence-electron chi connectivity index (χ3n) is 2.08. The maximum Gasteiger partial charge on any atom is 0.0734 e. The number of nitrogen functional groups attached to an aromatic ring is 1. The third-order valence-corrected chi connectivity index (χ3v) is 3.00. The first-order valence-corrected chi connectivity index (χ1v) is 5.72. The molecule has 0 aliphatic rings. The Kier molecular flexibility index (Phi) is 2.21. The summed E-state index contributed by atoms with van der Waals surface area (Å²) in [5, 5.41) is 0.904. The van der Waals surface area contributed by atoms with Gasteiger partial charge in [0.15, 0.2) is 0 Å². The van der Waals surface area contributed by atoms with Gasteiger partial charge in [0, 0.05) is 39.2 Å². The molecule has 0 aliphatic heterocycles. The summed E-state index contributed by atoms with van der Waals surface area (Å²) in [5.74, 6) is 0. The molecule has 1 unspecified atom stereocenters. The van der Waals surface area contributed by atoms with Crippen LogP contribution in [0.4, 0.5) is 5.69 Å². The molecule has 0 fully saturated rings. The van der Waals surface area contributed by atoms with Crippen molar-refractivity contribution >= 4 is 27.4 Å². The van der Waals surface area contributed by atoms with Gasteiger partial charge < -0.3 is 5.73 Å². The van der Waals surface area contributed by atoms with Crippen molar-refractivity contribution in [1.29, 1.82) is 0 Å². The number of benzene rings is 1. The van der Waals surface area contributed by atoms with Gasteiger partial charge in [-0.15, -0.1) is 0 Å². The van der Waals surface area contributed by atoms with E-state index in [9.17, 15) is 4.21 Å². The van der Waals surface area contributed by atoms with Crippen LogP contribution in [0.1, 0.15) is 0 Å². The van der Waals surface area contributed by atoms with Gasteiger partial charge in [-0.3, -0.25) is 9.19 Å². The zero-order chi connectivity index (χ0) is 10.1. The lowest BCUT2D eigenvalue weighted by Crippen LogP contribution is -1.91. The predicted molar refractivity (Wildman–Crippen MR) is 58.5 cm³/mol. The molecule has 0 spiro atoms. The molecule has 3 nitrogen and oxygen atoms in total. The number of fused-ring (bicyclic) bond motifs is 1. The van der Waals surface area contributed by atoms with E-state index < -0.39 is 10.8 Å². The van der Waals surface area contributed by atoms with Crippen molar-refractivity contribution < 1.29 is 4.21 Å². The molecule has 0 bridgehead atoms. The normalized spacial score (nSPS) is 12.9. The van der Waals surface area contributed by atoms with Gasteiger partial charge >= 0.3 is 0 Å². The first-order valence-electron chi connectivity index (χ1n) is 4.16. The van der Waals surface area contributed by atoms with Gasteiger partial charge in [0.1, 0.15) is 0 Å². The largest absolute Gasteiger partial charge is 0.398 e. The first kappa shape index (κ1) is 9.15. The summed E-state index contributed by atoms with van der Waals surface area (Å²) in [6.45, 7) is 0. The highest BCUT2D eigenvalue weighted by Crippen LogP contribution is 2.20. The molecule has 14 heavy (non-hydrogen) atoms. The summed E-state index contributed by atoms with van der Waals surface area (Å²) >= 11 is 0. The minimum Gasteiger partial charge on any atom is -0.398 e. The topological polar surface area (TPSA) is 56.0 Å². The Morgan fingerprint density at radius 3 is 2.86 bits per heavy atom. The highest BCUT2D eigenvalue weighted by molar-refractivity contribution is 7.84. The van der Waals surface area contributed by atoms with Gasteiger partial charge in [0.2, 0.25) is 0 Å². The lowest BCUT2D eigenvalue weighted by atomic mass is 10.2. The molecule has 1 aromatic heterocycles. The van der Waals surface area contributed by atoms with E-state index in [-0.39, 0.29) is 0 Å². The Labute approximate surface area is 84.4 Å². The monoisotopic (exact) mass is 206 g/mol. The van der Waals surface area contributed by atoms with Gasteiger partial charge in [-0.1, -0.05) is 0 Å². The molecule has 0 radical (unpaired) electrons. The van der Waals surface area contributed by atoms with Crippen LogP contribution in [-0.4, -0.2) is 15.4 Å². The van der Waals surface area contributed by atoms with E-state index in [0.717, 1.165) is 15.8 Å². The minimum atomic E-state index is -0.972. The van der Waals surface area contributed by atoms with Crippen molar-refractivity contribution in [2.45, 2.75) is 4.90 Å². The average molecular weight is 206 g/mol. The molecule has 72 valence electrons. The van der Waals surface area contributed by atoms with Crippen molar-refractivity contribution in [3.63, 3.8) is 0 Å². The summed E-state index contributed by atoms with van der Waals surface area (Å²) in [7, 11) is -0.972. The highest BCUT2D eigenvalue weighted by atomic mass is 32.2. The second-order valence-electron chi connectivity index (χ2n) is 3.03. The fraction of sp³-hybridized carbons (Fsp3) is 0.100. The van der Waals surface area contributed by atoms with Crippen LogP contribution in [0.25, 0.3) is 10.9 Å². The van der Waals surface area contributed by atoms with Crippen molar-refractivity contribution in [2.75, 3.05) is 12.0 Å². The van der Waals surface area contributed by atoms with E-state index in [1.165, 1.54) is 0 Å². The zero-order valence-corrected chi connectivity index (χ0v) is 8.54. The second-order valence-corrected chi connectivity index (χ2v) is 4.41. The number of hydrogen-bond acceptors (Lipinski definition) is 3. The van der Waals surface area contributed by atoms with Gasteiger partial charge in [-0.25, -0.2) is 0 Å². The Morgan fingerprint density at radius 2 is 2.14 bits per heavy atom. The van der Waals surface area contributed by atoms with Crippen LogP contribution in [-0.2, 0) is 10.8 Å². The quantitative estimate of drug-likeness (QED) is 0.770. The number of nitrogens with zero attached hydrogens (tertiary/aromatic N) is 1. The van der Waals surface area contributed by atoms with Crippen LogP contribution in [0.3, 0.4) is 0 Å². The van der Waals surface area contributed by atoms with E-state index in [0.29, 0.717) is 5.69 Å². The van der Waals surface area contributed by atoms with Crippen LogP contribution in [0.15, 0.2) is 35.4 Å². The lowest BCUT2D eigenvalue weighted by molar-refractivity contribution is 0.687. The number of hydrogen-bond donors (Lipinski definition) is 1.